The van der Waals surface area contributed by atoms with E-state index in [9.17, 15) is 4.79 Å². The highest BCUT2D eigenvalue weighted by Crippen LogP contribution is 2.35. The van der Waals surface area contributed by atoms with Crippen molar-refractivity contribution in [3.8, 4) is 11.1 Å². The summed E-state index contributed by atoms with van der Waals surface area (Å²) in [5, 5.41) is 1.06. The number of primary amides is 1. The Kier molecular flexibility index (Phi) is 5.87. The molecular weight excluding hydrogens is 334 g/mol. The molecule has 4 nitrogen and oxygen atoms in total. The summed E-state index contributed by atoms with van der Waals surface area (Å²) in [6.07, 6.45) is 0.883. The van der Waals surface area contributed by atoms with Gasteiger partial charge in [0.2, 0.25) is 5.91 Å². The number of fused-ring (bicyclic) bond motifs is 1. The largest absolute Gasteiger partial charge is 0.366 e. The predicted octanol–water partition coefficient (Wildman–Crippen LogP) is 4.19. The number of hydrogen-bond donors (Lipinski definition) is 1. The van der Waals surface area contributed by atoms with E-state index in [0.29, 0.717) is 5.56 Å². The van der Waals surface area contributed by atoms with Crippen LogP contribution in [0.3, 0.4) is 0 Å². The number of likely N-dealkylation sites (N-methyl/N-ethyl adjacent to an activating group) is 1. The average Bonchev–Trinajstić information content (AvgIpc) is 2.68. The second kappa shape index (κ2) is 8.31. The van der Waals surface area contributed by atoms with Crippen LogP contribution in [0.1, 0.15) is 35.5 Å². The molecule has 3 aromatic rings. The Morgan fingerprint density at radius 2 is 1.70 bits per heavy atom. The third-order valence-corrected chi connectivity index (χ3v) is 5.23. The number of carbonyl (C=O) groups is 1. The quantitative estimate of drug-likeness (QED) is 0.686. The molecule has 27 heavy (non-hydrogen) atoms. The fraction of sp³-hybridized carbons (Fsp3) is 0.304. The van der Waals surface area contributed by atoms with Gasteiger partial charge in [-0.2, -0.15) is 0 Å². The van der Waals surface area contributed by atoms with Crippen molar-refractivity contribution in [2.75, 3.05) is 19.6 Å². The monoisotopic (exact) mass is 361 g/mol. The van der Waals surface area contributed by atoms with E-state index in [1.54, 1.807) is 6.07 Å². The molecule has 0 unspecified atom stereocenters. The summed E-state index contributed by atoms with van der Waals surface area (Å²) in [4.78, 5) is 19.3. The number of amides is 1. The molecule has 1 aromatic heterocycles. The average molecular weight is 361 g/mol. The Morgan fingerprint density at radius 1 is 1.04 bits per heavy atom. The highest BCUT2D eigenvalue weighted by Gasteiger charge is 2.19. The molecule has 0 atom stereocenters. The first kappa shape index (κ1) is 19.1. The summed E-state index contributed by atoms with van der Waals surface area (Å²) in [6, 6.07) is 15.7. The lowest BCUT2D eigenvalue weighted by Gasteiger charge is -2.21. The Labute approximate surface area is 161 Å². The fourth-order valence-corrected chi connectivity index (χ4v) is 3.71. The number of aromatic nitrogens is 1. The van der Waals surface area contributed by atoms with Crippen molar-refractivity contribution < 1.29 is 4.79 Å². The molecule has 0 aliphatic heterocycles. The van der Waals surface area contributed by atoms with Crippen LogP contribution in [-0.2, 0) is 6.42 Å². The van der Waals surface area contributed by atoms with Crippen LogP contribution in [0.4, 0.5) is 0 Å². The Balaban J connectivity index is 2.25. The van der Waals surface area contributed by atoms with Gasteiger partial charge in [0.15, 0.2) is 0 Å². The Hall–Kier alpha value is -2.72. The van der Waals surface area contributed by atoms with Gasteiger partial charge in [-0.05, 0) is 55.3 Å². The van der Waals surface area contributed by atoms with Crippen LogP contribution < -0.4 is 5.73 Å². The molecule has 0 spiro atoms. The lowest BCUT2D eigenvalue weighted by atomic mass is 9.89. The molecule has 1 amide bonds. The van der Waals surface area contributed by atoms with E-state index in [1.807, 2.05) is 36.4 Å². The fourth-order valence-electron chi connectivity index (χ4n) is 3.71. The maximum atomic E-state index is 12.1. The number of pyridine rings is 1. The summed E-state index contributed by atoms with van der Waals surface area (Å²) in [7, 11) is 0. The molecule has 0 aliphatic carbocycles. The van der Waals surface area contributed by atoms with Crippen LogP contribution in [0.25, 0.3) is 22.0 Å². The Bertz CT molecular complexity index is 961. The smallest absolute Gasteiger partial charge is 0.249 e. The number of nitrogens with two attached hydrogens (primary N) is 1. The topological polar surface area (TPSA) is 59.2 Å². The molecule has 0 bridgehead atoms. The zero-order valence-corrected chi connectivity index (χ0v) is 16.3. The van der Waals surface area contributed by atoms with Gasteiger partial charge >= 0.3 is 0 Å². The second-order valence-electron chi connectivity index (χ2n) is 6.75. The van der Waals surface area contributed by atoms with Gasteiger partial charge < -0.3 is 10.6 Å². The molecule has 0 saturated heterocycles. The summed E-state index contributed by atoms with van der Waals surface area (Å²) in [5.41, 5.74) is 11.4. The summed E-state index contributed by atoms with van der Waals surface area (Å²) < 4.78 is 0. The van der Waals surface area contributed by atoms with Gasteiger partial charge in [-0.15, -0.1) is 0 Å². The number of nitrogens with zero attached hydrogens (tertiary/aromatic N) is 2. The van der Waals surface area contributed by atoms with Gasteiger partial charge in [-0.25, -0.2) is 0 Å². The molecule has 0 radical (unpaired) electrons. The highest BCUT2D eigenvalue weighted by molar-refractivity contribution is 6.05. The van der Waals surface area contributed by atoms with Crippen LogP contribution >= 0.6 is 0 Å². The van der Waals surface area contributed by atoms with Gasteiger partial charge in [0.25, 0.3) is 0 Å². The van der Waals surface area contributed by atoms with E-state index in [4.69, 9.17) is 10.7 Å². The molecule has 0 saturated carbocycles. The van der Waals surface area contributed by atoms with E-state index in [0.717, 1.165) is 53.8 Å². The first-order valence-electron chi connectivity index (χ1n) is 9.56. The molecule has 2 aromatic carbocycles. The maximum Gasteiger partial charge on any atom is 0.249 e. The third kappa shape index (κ3) is 3.86. The van der Waals surface area contributed by atoms with Crippen molar-refractivity contribution in [1.82, 2.24) is 9.88 Å². The molecule has 140 valence electrons. The van der Waals surface area contributed by atoms with E-state index >= 15 is 0 Å². The molecule has 0 fully saturated rings. The van der Waals surface area contributed by atoms with Crippen molar-refractivity contribution in [3.05, 3.63) is 65.4 Å². The van der Waals surface area contributed by atoms with Gasteiger partial charge in [-0.3, -0.25) is 9.78 Å². The lowest BCUT2D eigenvalue weighted by Crippen LogP contribution is -2.25. The number of rotatable bonds is 7. The minimum Gasteiger partial charge on any atom is -0.366 e. The summed E-state index contributed by atoms with van der Waals surface area (Å²) in [6.45, 7) is 9.41. The predicted molar refractivity (Wildman–Crippen MR) is 112 cm³/mol. The van der Waals surface area contributed by atoms with Crippen LogP contribution in [0.2, 0.25) is 0 Å². The molecule has 1 heterocycles. The van der Waals surface area contributed by atoms with E-state index in [1.165, 1.54) is 5.56 Å². The first-order valence-corrected chi connectivity index (χ1v) is 9.56. The normalized spacial score (nSPS) is 11.3. The molecule has 3 rings (SSSR count). The SMILES string of the molecule is CCN(CC)CCc1c(C)nc2ccccc2c1-c1ccccc1C(N)=O. The van der Waals surface area contributed by atoms with Crippen molar-refractivity contribution >= 4 is 16.8 Å². The number of benzene rings is 2. The van der Waals surface area contributed by atoms with E-state index in [-0.39, 0.29) is 0 Å². The van der Waals surface area contributed by atoms with Gasteiger partial charge in [0.05, 0.1) is 5.52 Å². The van der Waals surface area contributed by atoms with Crippen LogP contribution in [-0.4, -0.2) is 35.4 Å². The van der Waals surface area contributed by atoms with Crippen LogP contribution in [0.15, 0.2) is 48.5 Å². The van der Waals surface area contributed by atoms with Crippen molar-refractivity contribution in [2.45, 2.75) is 27.2 Å². The van der Waals surface area contributed by atoms with E-state index < -0.39 is 5.91 Å². The minimum absolute atomic E-state index is 0.404. The van der Waals surface area contributed by atoms with Crippen molar-refractivity contribution in [1.29, 1.82) is 0 Å². The maximum absolute atomic E-state index is 12.1. The van der Waals surface area contributed by atoms with Crippen LogP contribution in [0.5, 0.6) is 0 Å². The van der Waals surface area contributed by atoms with Crippen LogP contribution in [0, 0.1) is 6.92 Å². The van der Waals surface area contributed by atoms with Gasteiger partial charge in [-0.1, -0.05) is 50.2 Å². The molecule has 4 heteroatoms. The van der Waals surface area contributed by atoms with Gasteiger partial charge in [0.1, 0.15) is 0 Å². The molecule has 2 N–H and O–H groups in total. The lowest BCUT2D eigenvalue weighted by molar-refractivity contribution is 0.100. The summed E-state index contributed by atoms with van der Waals surface area (Å²) in [5.74, 6) is -0.404. The number of hydrogen-bond acceptors (Lipinski definition) is 3. The standard InChI is InChI=1S/C23H27N3O/c1-4-26(5-2)15-14-17-16(3)25-21-13-9-8-12-20(21)22(17)18-10-6-7-11-19(18)23(24)27/h6-13H,4-5,14-15H2,1-3H3,(H2,24,27). The van der Waals surface area contributed by atoms with Crippen molar-refractivity contribution in [2.24, 2.45) is 5.73 Å². The highest BCUT2D eigenvalue weighted by atomic mass is 16.1. The number of para-hydroxylation sites is 1. The van der Waals surface area contributed by atoms with Crippen molar-refractivity contribution in [3.63, 3.8) is 0 Å². The zero-order chi connectivity index (χ0) is 19.4. The van der Waals surface area contributed by atoms with Gasteiger partial charge in [0, 0.05) is 23.2 Å². The number of aryl methyl sites for hydroxylation is 1. The number of carbonyl (C=O) groups excluding carboxylic acids is 1. The Morgan fingerprint density at radius 3 is 2.41 bits per heavy atom. The first-order chi connectivity index (χ1) is 13.1. The second-order valence-corrected chi connectivity index (χ2v) is 6.75. The molecular formula is C23H27N3O. The zero-order valence-electron chi connectivity index (χ0n) is 16.3. The minimum atomic E-state index is -0.404. The third-order valence-electron chi connectivity index (χ3n) is 5.23. The molecule has 0 aliphatic rings. The summed E-state index contributed by atoms with van der Waals surface area (Å²) >= 11 is 0. The van der Waals surface area contributed by atoms with E-state index in [2.05, 4.69) is 31.7 Å².